The first-order chi connectivity index (χ1) is 23.7. The second-order valence-electron chi connectivity index (χ2n) is 12.5. The standard InChI is InChI=1S/C25H42N5O15P3S3/c1-25(2,13-27-20(31)6-4-3-5-18-23-15(12-49-18)9-21(32)29-23)51-50-14-41-16-10-22(30-8-7-19(26)28-24(30)33)43-17(16)11-42-47(37,38)45-48(39,40)44-46(34,35)36/h7-8,15-18,22-23H,3-6,9-14H2,1-2H3,(H,27,31)(H,29,32)(H,37,38)(H,39,40)(H2,26,28,33)(H2,34,35,36)/t15?,16?,17-,18?,22-,23?/m1/s1. The van der Waals surface area contributed by atoms with Crippen molar-refractivity contribution in [1.29, 1.82) is 0 Å². The van der Waals surface area contributed by atoms with Crippen molar-refractivity contribution in [2.24, 2.45) is 5.92 Å². The number of thioether (sulfide) groups is 1. The van der Waals surface area contributed by atoms with Crippen LogP contribution in [0.4, 0.5) is 5.82 Å². The number of rotatable bonds is 20. The van der Waals surface area contributed by atoms with E-state index in [0.29, 0.717) is 30.6 Å². The molecule has 8 N–H and O–H groups in total. The van der Waals surface area contributed by atoms with E-state index in [1.165, 1.54) is 33.9 Å². The SMILES string of the molecule is CC(C)(CNC(=O)CCCCC1SCC2CC(=O)NC21)SSCOC1C[C@H](n2ccc(N)nc2=O)O[C@@H]1COP(=O)(O)OP(=O)(O)OP(=O)(O)O. The maximum Gasteiger partial charge on any atom is 0.490 e. The molecular weight excluding hydrogens is 799 g/mol. The summed E-state index contributed by atoms with van der Waals surface area (Å²) in [5.74, 6) is 1.51. The van der Waals surface area contributed by atoms with Crippen LogP contribution in [-0.4, -0.2) is 94.0 Å². The van der Waals surface area contributed by atoms with Gasteiger partial charge in [-0.25, -0.2) is 18.5 Å². The van der Waals surface area contributed by atoms with Gasteiger partial charge in [-0.05, 0) is 44.4 Å². The number of hydrogen-bond acceptors (Lipinski definition) is 16. The molecule has 26 heteroatoms. The minimum atomic E-state index is -5.73. The molecule has 51 heavy (non-hydrogen) atoms. The summed E-state index contributed by atoms with van der Waals surface area (Å²) in [6.45, 7) is 3.47. The average Bonchev–Trinajstić information content (AvgIpc) is 3.68. The summed E-state index contributed by atoms with van der Waals surface area (Å²) in [7, 11) is -14.0. The first kappa shape index (κ1) is 42.7. The lowest BCUT2D eigenvalue weighted by atomic mass is 9.97. The van der Waals surface area contributed by atoms with Crippen LogP contribution in [0.3, 0.4) is 0 Å². The fourth-order valence-corrected chi connectivity index (χ4v) is 12.4. The monoisotopic (exact) mass is 841 g/mol. The van der Waals surface area contributed by atoms with Gasteiger partial charge < -0.3 is 45.4 Å². The van der Waals surface area contributed by atoms with E-state index in [-0.39, 0.29) is 36.0 Å². The van der Waals surface area contributed by atoms with Gasteiger partial charge in [0, 0.05) is 48.0 Å². The van der Waals surface area contributed by atoms with Gasteiger partial charge in [0.15, 0.2) is 0 Å². The zero-order valence-electron chi connectivity index (χ0n) is 27.5. The van der Waals surface area contributed by atoms with Crippen LogP contribution in [0.15, 0.2) is 17.1 Å². The predicted octanol–water partition coefficient (Wildman–Crippen LogP) is 2.26. The largest absolute Gasteiger partial charge is 0.490 e. The number of carbonyl (C=O) groups excluding carboxylic acids is 2. The smallest absolute Gasteiger partial charge is 0.383 e. The summed E-state index contributed by atoms with van der Waals surface area (Å²) in [5.41, 5.74) is 4.82. The van der Waals surface area contributed by atoms with Crippen LogP contribution in [0.5, 0.6) is 0 Å². The number of unbranched alkanes of at least 4 members (excludes halogenated alkanes) is 1. The lowest BCUT2D eigenvalue weighted by Gasteiger charge is -2.24. The molecule has 3 saturated heterocycles. The Balaban J connectivity index is 1.21. The third kappa shape index (κ3) is 14.0. The number of ether oxygens (including phenoxy) is 2. The minimum Gasteiger partial charge on any atom is -0.383 e. The minimum absolute atomic E-state index is 0.0313. The Morgan fingerprint density at radius 2 is 1.94 bits per heavy atom. The van der Waals surface area contributed by atoms with Gasteiger partial charge in [-0.1, -0.05) is 28.0 Å². The summed E-state index contributed by atoms with van der Waals surface area (Å²) in [6, 6.07) is 1.60. The number of aromatic nitrogens is 2. The van der Waals surface area contributed by atoms with Crippen molar-refractivity contribution in [3.05, 3.63) is 22.7 Å². The molecule has 3 aliphatic rings. The number of anilines is 1. The molecule has 1 aromatic rings. The van der Waals surface area contributed by atoms with Crippen molar-refractivity contribution >= 4 is 74.4 Å². The van der Waals surface area contributed by atoms with Gasteiger partial charge in [-0.3, -0.25) is 18.7 Å². The van der Waals surface area contributed by atoms with Gasteiger partial charge in [-0.15, -0.1) is 0 Å². The lowest BCUT2D eigenvalue weighted by molar-refractivity contribution is -0.121. The van der Waals surface area contributed by atoms with E-state index in [4.69, 9.17) is 29.5 Å². The molecule has 0 aliphatic carbocycles. The number of phosphoric ester groups is 1. The summed E-state index contributed by atoms with van der Waals surface area (Å²) in [5, 5.41) is 6.44. The maximum absolute atomic E-state index is 12.5. The Kier molecular flexibility index (Phi) is 15.2. The van der Waals surface area contributed by atoms with E-state index in [1.807, 2.05) is 25.6 Å². The quantitative estimate of drug-likeness (QED) is 0.0429. The molecule has 4 rings (SSSR count). The molecule has 3 aliphatic heterocycles. The van der Waals surface area contributed by atoms with Crippen molar-refractivity contribution in [2.45, 2.75) is 86.8 Å². The molecule has 8 atom stereocenters. The topological polar surface area (TPSA) is 297 Å². The van der Waals surface area contributed by atoms with Crippen molar-refractivity contribution in [1.82, 2.24) is 20.2 Å². The number of hydrogen-bond donors (Lipinski definition) is 7. The average molecular weight is 842 g/mol. The van der Waals surface area contributed by atoms with Crippen molar-refractivity contribution in [2.75, 3.05) is 30.6 Å². The number of nitrogen functional groups attached to an aromatic ring is 1. The molecule has 20 nitrogen and oxygen atoms in total. The molecule has 2 amide bonds. The Labute approximate surface area is 305 Å². The maximum atomic E-state index is 12.5. The van der Waals surface area contributed by atoms with Gasteiger partial charge in [0.05, 0.1) is 12.7 Å². The fraction of sp³-hybridized carbons (Fsp3) is 0.760. The van der Waals surface area contributed by atoms with Gasteiger partial charge >= 0.3 is 29.2 Å². The Bertz CT molecular complexity index is 1600. The second-order valence-corrected chi connectivity index (χ2v) is 21.2. The van der Waals surface area contributed by atoms with E-state index in [1.54, 1.807) is 0 Å². The lowest BCUT2D eigenvalue weighted by Crippen LogP contribution is -2.36. The van der Waals surface area contributed by atoms with Crippen LogP contribution in [0, 0.1) is 5.92 Å². The Hall–Kier alpha value is -1.00. The molecule has 0 spiro atoms. The van der Waals surface area contributed by atoms with Gasteiger partial charge in [-0.2, -0.15) is 25.4 Å². The molecule has 3 fully saturated rings. The van der Waals surface area contributed by atoms with Crippen molar-refractivity contribution < 1.29 is 65.5 Å². The zero-order chi connectivity index (χ0) is 37.6. The first-order valence-corrected chi connectivity index (χ1v) is 23.5. The van der Waals surface area contributed by atoms with Crippen molar-refractivity contribution in [3.63, 3.8) is 0 Å². The normalized spacial score (nSPS) is 27.5. The number of amides is 2. The van der Waals surface area contributed by atoms with Gasteiger partial charge in [0.1, 0.15) is 24.1 Å². The van der Waals surface area contributed by atoms with Gasteiger partial charge in [0.2, 0.25) is 11.8 Å². The van der Waals surface area contributed by atoms with E-state index in [0.717, 1.165) is 29.6 Å². The number of carbonyl (C=O) groups is 2. The van der Waals surface area contributed by atoms with Gasteiger partial charge in [0.25, 0.3) is 0 Å². The molecular formula is C25H42N5O15P3S3. The summed E-state index contributed by atoms with van der Waals surface area (Å²) in [4.78, 5) is 77.0. The second kappa shape index (κ2) is 18.1. The third-order valence-corrected chi connectivity index (χ3v) is 16.2. The summed E-state index contributed by atoms with van der Waals surface area (Å²) < 4.78 is 59.6. The van der Waals surface area contributed by atoms with Crippen LogP contribution in [-0.2, 0) is 45.9 Å². The van der Waals surface area contributed by atoms with Crippen LogP contribution in [0.25, 0.3) is 0 Å². The molecule has 0 bridgehead atoms. The number of nitrogens with zero attached hydrogens (tertiary/aromatic N) is 2. The van der Waals surface area contributed by atoms with Crippen LogP contribution in [0.2, 0.25) is 0 Å². The van der Waals surface area contributed by atoms with Crippen LogP contribution in [0.1, 0.15) is 58.6 Å². The first-order valence-electron chi connectivity index (χ1n) is 15.6. The van der Waals surface area contributed by atoms with Crippen molar-refractivity contribution in [3.8, 4) is 0 Å². The number of nitrogens with one attached hydrogen (secondary N) is 2. The van der Waals surface area contributed by atoms with Crippen LogP contribution >= 0.6 is 56.8 Å². The Morgan fingerprint density at radius 3 is 2.65 bits per heavy atom. The van der Waals surface area contributed by atoms with E-state index in [2.05, 4.69) is 24.2 Å². The molecule has 290 valence electrons. The molecule has 0 aromatic carbocycles. The molecule has 4 heterocycles. The number of fused-ring (bicyclic) bond motifs is 1. The number of phosphoric acid groups is 3. The van der Waals surface area contributed by atoms with E-state index < -0.39 is 58.9 Å². The summed E-state index contributed by atoms with van der Waals surface area (Å²) in [6.07, 6.45) is 1.98. The van der Waals surface area contributed by atoms with Crippen LogP contribution < -0.4 is 22.1 Å². The Morgan fingerprint density at radius 1 is 1.20 bits per heavy atom. The molecule has 0 saturated carbocycles. The van der Waals surface area contributed by atoms with E-state index >= 15 is 0 Å². The summed E-state index contributed by atoms with van der Waals surface area (Å²) >= 11 is 1.90. The third-order valence-electron chi connectivity index (χ3n) is 7.84. The predicted molar refractivity (Wildman–Crippen MR) is 188 cm³/mol. The van der Waals surface area contributed by atoms with E-state index in [9.17, 15) is 37.9 Å². The fourth-order valence-electron chi connectivity index (χ4n) is 5.57. The highest BCUT2D eigenvalue weighted by atomic mass is 33.1. The molecule has 1 aromatic heterocycles. The highest BCUT2D eigenvalue weighted by Crippen LogP contribution is 2.66. The highest BCUT2D eigenvalue weighted by molar-refractivity contribution is 8.77. The zero-order valence-corrected chi connectivity index (χ0v) is 32.6. The molecule has 6 unspecified atom stereocenters. The highest BCUT2D eigenvalue weighted by Gasteiger charge is 2.44. The number of nitrogens with two attached hydrogens (primary N) is 1. The molecule has 0 radical (unpaired) electrons.